The van der Waals surface area contributed by atoms with Crippen LogP contribution in [0.5, 0.6) is 11.9 Å². The van der Waals surface area contributed by atoms with Crippen molar-refractivity contribution in [3.8, 4) is 29.3 Å². The zero-order chi connectivity index (χ0) is 28.6. The fourth-order valence-corrected chi connectivity index (χ4v) is 5.23. The molecule has 0 aliphatic carbocycles. The van der Waals surface area contributed by atoms with Gasteiger partial charge < -0.3 is 18.8 Å². The number of nitrogens with zero attached hydrogens (tertiary/aromatic N) is 6. The van der Waals surface area contributed by atoms with E-state index < -0.39 is 6.04 Å². The van der Waals surface area contributed by atoms with Crippen molar-refractivity contribution in [1.82, 2.24) is 19.5 Å². The minimum absolute atomic E-state index is 0.144. The Labute approximate surface area is 236 Å². The molecular weight excluding hydrogens is 532 g/mol. The first-order valence-electron chi connectivity index (χ1n) is 12.5. The van der Waals surface area contributed by atoms with Crippen molar-refractivity contribution in [1.29, 1.82) is 5.26 Å². The maximum atomic E-state index is 14.2. The summed E-state index contributed by atoms with van der Waals surface area (Å²) in [5.41, 5.74) is 4.32. The molecule has 1 aliphatic rings. The van der Waals surface area contributed by atoms with E-state index in [4.69, 9.17) is 30.8 Å². The normalized spacial score (nSPS) is 15.1. The summed E-state index contributed by atoms with van der Waals surface area (Å²) in [6.45, 7) is 4.26. The van der Waals surface area contributed by atoms with Crippen molar-refractivity contribution in [3.05, 3.63) is 81.8 Å². The number of fused-ring (bicyclic) bond motifs is 1. The van der Waals surface area contributed by atoms with Crippen molar-refractivity contribution in [2.75, 3.05) is 32.8 Å². The molecular formula is C29H27ClN6O4. The largest absolute Gasteiger partial charge is 0.480 e. The van der Waals surface area contributed by atoms with Crippen LogP contribution in [0.15, 0.2) is 48.7 Å². The van der Waals surface area contributed by atoms with Crippen LogP contribution in [0.25, 0.3) is 11.4 Å². The maximum absolute atomic E-state index is 14.2. The van der Waals surface area contributed by atoms with Gasteiger partial charge in [-0.25, -0.2) is 9.97 Å². The van der Waals surface area contributed by atoms with E-state index in [1.165, 1.54) is 14.2 Å². The minimum atomic E-state index is -0.571. The molecule has 4 aromatic rings. The summed E-state index contributed by atoms with van der Waals surface area (Å²) >= 11 is 6.40. The molecule has 40 heavy (non-hydrogen) atoms. The Morgan fingerprint density at radius 2 is 1.85 bits per heavy atom. The highest BCUT2D eigenvalue weighted by Gasteiger charge is 2.45. The number of carbonyl (C=O) groups is 1. The van der Waals surface area contributed by atoms with Gasteiger partial charge in [0, 0.05) is 24.0 Å². The second-order valence-corrected chi connectivity index (χ2v) is 9.80. The van der Waals surface area contributed by atoms with E-state index in [0.717, 1.165) is 11.1 Å². The summed E-state index contributed by atoms with van der Waals surface area (Å²) in [7, 11) is 4.59. The fourth-order valence-electron chi connectivity index (χ4n) is 5.07. The Bertz CT molecular complexity index is 1630. The predicted molar refractivity (Wildman–Crippen MR) is 149 cm³/mol. The molecule has 2 aromatic carbocycles. The van der Waals surface area contributed by atoms with E-state index in [0.29, 0.717) is 40.0 Å². The van der Waals surface area contributed by atoms with Crippen LogP contribution in [0.2, 0.25) is 5.02 Å². The highest BCUT2D eigenvalue weighted by atomic mass is 35.5. The molecule has 2 atom stereocenters. The topological polar surface area (TPSA) is 115 Å². The first-order valence-corrected chi connectivity index (χ1v) is 12.9. The molecule has 0 radical (unpaired) electrons. The minimum Gasteiger partial charge on any atom is -0.480 e. The number of carbonyl (C=O) groups excluding carboxylic acids is 1. The fraction of sp³-hybridized carbons (Fsp3) is 0.276. The summed E-state index contributed by atoms with van der Waals surface area (Å²) in [5.74, 6) is 0.433. The van der Waals surface area contributed by atoms with E-state index in [9.17, 15) is 10.1 Å². The number of amides is 1. The predicted octanol–water partition coefficient (Wildman–Crippen LogP) is 5.15. The van der Waals surface area contributed by atoms with Gasteiger partial charge in [0.15, 0.2) is 5.69 Å². The van der Waals surface area contributed by atoms with Gasteiger partial charge in [-0.05, 0) is 49.2 Å². The second kappa shape index (κ2) is 11.0. The number of aryl methyl sites for hydroxylation is 1. The SMILES string of the molecule is COCC(C)n1c(-c2cnc(OC)nc2OC)nc2c1C(c1ccc(C#N)cc1)N(c1cc(Cl)ccc1C)C2=O. The lowest BCUT2D eigenvalue weighted by molar-refractivity contribution is 0.0989. The van der Waals surface area contributed by atoms with Crippen LogP contribution in [-0.2, 0) is 4.74 Å². The van der Waals surface area contributed by atoms with Crippen molar-refractivity contribution in [3.63, 3.8) is 0 Å². The molecule has 1 aliphatic heterocycles. The summed E-state index contributed by atoms with van der Waals surface area (Å²) < 4.78 is 18.3. The van der Waals surface area contributed by atoms with E-state index >= 15 is 0 Å². The molecule has 2 unspecified atom stereocenters. The average Bonchev–Trinajstić information content (AvgIpc) is 3.49. The van der Waals surface area contributed by atoms with Gasteiger partial charge in [-0.15, -0.1) is 0 Å². The first kappa shape index (κ1) is 27.1. The van der Waals surface area contributed by atoms with Crippen molar-refractivity contribution >= 4 is 23.2 Å². The second-order valence-electron chi connectivity index (χ2n) is 9.37. The highest BCUT2D eigenvalue weighted by molar-refractivity contribution is 6.31. The molecule has 0 spiro atoms. The Morgan fingerprint density at radius 1 is 1.10 bits per heavy atom. The van der Waals surface area contributed by atoms with Gasteiger partial charge in [0.1, 0.15) is 11.9 Å². The van der Waals surface area contributed by atoms with Gasteiger partial charge in [0.05, 0.1) is 49.8 Å². The number of aromatic nitrogens is 4. The Balaban J connectivity index is 1.81. The van der Waals surface area contributed by atoms with Crippen molar-refractivity contribution in [2.45, 2.75) is 25.9 Å². The third-order valence-corrected chi connectivity index (χ3v) is 7.11. The number of anilines is 1. The summed E-state index contributed by atoms with van der Waals surface area (Å²) in [5, 5.41) is 9.90. The number of benzene rings is 2. The Kier molecular flexibility index (Phi) is 7.43. The van der Waals surface area contributed by atoms with Gasteiger partial charge in [0.2, 0.25) is 5.88 Å². The lowest BCUT2D eigenvalue weighted by Crippen LogP contribution is -2.31. The van der Waals surface area contributed by atoms with Crippen molar-refractivity contribution in [2.24, 2.45) is 0 Å². The molecule has 1 amide bonds. The molecule has 204 valence electrons. The molecule has 3 heterocycles. The summed E-state index contributed by atoms with van der Waals surface area (Å²) in [6, 6.07) is 14.1. The molecule has 0 saturated heterocycles. The number of hydrogen-bond donors (Lipinski definition) is 0. The van der Waals surface area contributed by atoms with E-state index in [2.05, 4.69) is 16.0 Å². The Hall–Kier alpha value is -4.46. The van der Waals surface area contributed by atoms with Gasteiger partial charge in [-0.2, -0.15) is 10.2 Å². The zero-order valence-corrected chi connectivity index (χ0v) is 23.4. The van der Waals surface area contributed by atoms with Crippen LogP contribution in [0, 0.1) is 18.3 Å². The number of nitriles is 1. The molecule has 11 heteroatoms. The molecule has 0 fully saturated rings. The number of hydrogen-bond acceptors (Lipinski definition) is 8. The number of methoxy groups -OCH3 is 3. The summed E-state index contributed by atoms with van der Waals surface area (Å²) in [4.78, 5) is 29.4. The first-order chi connectivity index (χ1) is 19.3. The van der Waals surface area contributed by atoms with Crippen LogP contribution < -0.4 is 14.4 Å². The molecule has 0 N–H and O–H groups in total. The molecule has 0 saturated carbocycles. The monoisotopic (exact) mass is 558 g/mol. The number of rotatable bonds is 8. The number of ether oxygens (including phenoxy) is 3. The molecule has 2 aromatic heterocycles. The van der Waals surface area contributed by atoms with E-state index in [1.807, 2.05) is 36.6 Å². The molecule has 0 bridgehead atoms. The van der Waals surface area contributed by atoms with E-state index in [-0.39, 0.29) is 29.5 Å². The highest BCUT2D eigenvalue weighted by Crippen LogP contribution is 2.46. The van der Waals surface area contributed by atoms with Crippen LogP contribution in [0.1, 0.15) is 51.9 Å². The van der Waals surface area contributed by atoms with E-state index in [1.54, 1.807) is 42.5 Å². The maximum Gasteiger partial charge on any atom is 0.319 e. The van der Waals surface area contributed by atoms with Gasteiger partial charge >= 0.3 is 6.01 Å². The van der Waals surface area contributed by atoms with Crippen molar-refractivity contribution < 1.29 is 19.0 Å². The average molecular weight is 559 g/mol. The standard InChI is InChI=1S/C29H27ClN6O4/c1-16-6-11-20(30)12-22(16)36-24(19-9-7-18(13-31)8-10-19)25-23(28(36)37)33-26(35(25)17(2)15-38-3)21-14-32-29(40-5)34-27(21)39-4/h6-12,14,17,24H,15H2,1-5H3. The molecule has 10 nitrogen and oxygen atoms in total. The van der Waals surface area contributed by atoms with Crippen LogP contribution in [-0.4, -0.2) is 53.4 Å². The summed E-state index contributed by atoms with van der Waals surface area (Å²) in [6.07, 6.45) is 1.57. The van der Waals surface area contributed by atoms with Crippen LogP contribution in [0.4, 0.5) is 5.69 Å². The van der Waals surface area contributed by atoms with Gasteiger partial charge in [-0.3, -0.25) is 9.69 Å². The van der Waals surface area contributed by atoms with Crippen LogP contribution in [0.3, 0.4) is 0 Å². The molecule has 5 rings (SSSR count). The number of imidazole rings is 1. The quantitative estimate of drug-likeness (QED) is 0.292. The third kappa shape index (κ3) is 4.53. The lowest BCUT2D eigenvalue weighted by atomic mass is 10.0. The zero-order valence-electron chi connectivity index (χ0n) is 22.7. The van der Waals surface area contributed by atoms with Gasteiger partial charge in [-0.1, -0.05) is 29.8 Å². The smallest absolute Gasteiger partial charge is 0.319 e. The lowest BCUT2D eigenvalue weighted by Gasteiger charge is -2.30. The third-order valence-electron chi connectivity index (χ3n) is 6.87. The van der Waals surface area contributed by atoms with Crippen LogP contribution >= 0.6 is 11.6 Å². The Morgan fingerprint density at radius 3 is 2.50 bits per heavy atom. The van der Waals surface area contributed by atoms with Gasteiger partial charge in [0.25, 0.3) is 5.91 Å². The number of halogens is 1.